The molecule has 0 atom stereocenters. The van der Waals surface area contributed by atoms with Gasteiger partial charge in [0.2, 0.25) is 0 Å². The second-order valence-electron chi connectivity index (χ2n) is 3.93. The third-order valence-corrected chi connectivity index (χ3v) is 3.76. The lowest BCUT2D eigenvalue weighted by atomic mass is 10.0. The normalized spacial score (nSPS) is 13.9. The first-order chi connectivity index (χ1) is 8.25. The van der Waals surface area contributed by atoms with Crippen LogP contribution in [-0.4, -0.2) is 11.5 Å². The molecule has 0 bridgehead atoms. The minimum absolute atomic E-state index is 0.172. The lowest BCUT2D eigenvalue weighted by Gasteiger charge is -2.16. The van der Waals surface area contributed by atoms with Gasteiger partial charge in [0, 0.05) is 27.4 Å². The highest BCUT2D eigenvalue weighted by molar-refractivity contribution is 14.1. The van der Waals surface area contributed by atoms with E-state index < -0.39 is 0 Å². The fourth-order valence-corrected chi connectivity index (χ4v) is 2.58. The van der Waals surface area contributed by atoms with E-state index in [1.807, 2.05) is 24.4 Å². The van der Waals surface area contributed by atoms with Gasteiger partial charge in [0.25, 0.3) is 0 Å². The van der Waals surface area contributed by atoms with Crippen LogP contribution in [0, 0.1) is 9.39 Å². The molecule has 2 heterocycles. The van der Waals surface area contributed by atoms with Gasteiger partial charge in [0.15, 0.2) is 0 Å². The number of aromatic amines is 1. The molecule has 0 saturated heterocycles. The highest BCUT2D eigenvalue weighted by Crippen LogP contribution is 2.31. The van der Waals surface area contributed by atoms with Crippen LogP contribution in [0.4, 0.5) is 10.2 Å². The van der Waals surface area contributed by atoms with Crippen LogP contribution in [0.3, 0.4) is 0 Å². The van der Waals surface area contributed by atoms with Gasteiger partial charge in [0.05, 0.1) is 0 Å². The first-order valence-electron chi connectivity index (χ1n) is 5.32. The van der Waals surface area contributed by atoms with Gasteiger partial charge in [-0.2, -0.15) is 0 Å². The Bertz CT molecular complexity index is 601. The van der Waals surface area contributed by atoms with Gasteiger partial charge in [-0.3, -0.25) is 0 Å². The number of H-pyrrole nitrogens is 1. The quantitative estimate of drug-likeness (QED) is 0.761. The Morgan fingerprint density at radius 2 is 2.06 bits per heavy atom. The van der Waals surface area contributed by atoms with Gasteiger partial charge in [-0.15, -0.1) is 0 Å². The van der Waals surface area contributed by atoms with Crippen LogP contribution in [0.5, 0.6) is 0 Å². The summed E-state index contributed by atoms with van der Waals surface area (Å²) >= 11 is 2.27. The third-order valence-electron chi connectivity index (χ3n) is 2.86. The Labute approximate surface area is 112 Å². The van der Waals surface area contributed by atoms with Gasteiger partial charge < -0.3 is 10.3 Å². The van der Waals surface area contributed by atoms with Crippen LogP contribution in [0.25, 0.3) is 11.6 Å². The zero-order valence-corrected chi connectivity index (χ0v) is 11.1. The molecule has 2 N–H and O–H groups in total. The second-order valence-corrected chi connectivity index (χ2v) is 5.09. The smallest absolute Gasteiger partial charge is 0.130 e. The van der Waals surface area contributed by atoms with Crippen molar-refractivity contribution < 1.29 is 4.39 Å². The molecule has 0 radical (unpaired) electrons. The maximum Gasteiger partial charge on any atom is 0.130 e. The van der Waals surface area contributed by atoms with E-state index in [1.54, 1.807) is 6.07 Å². The molecule has 17 heavy (non-hydrogen) atoms. The number of rotatable bonds is 1. The number of nitrogens with one attached hydrogen (secondary N) is 2. The Kier molecular flexibility index (Phi) is 2.66. The predicted molar refractivity (Wildman–Crippen MR) is 76.3 cm³/mol. The van der Waals surface area contributed by atoms with E-state index in [0.717, 1.165) is 20.5 Å². The number of fused-ring (bicyclic) bond motifs is 1. The van der Waals surface area contributed by atoms with E-state index >= 15 is 0 Å². The summed E-state index contributed by atoms with van der Waals surface area (Å²) < 4.78 is 14.8. The van der Waals surface area contributed by atoms with Crippen molar-refractivity contribution >= 4 is 40.1 Å². The van der Waals surface area contributed by atoms with Crippen molar-refractivity contribution in [1.29, 1.82) is 0 Å². The summed E-state index contributed by atoms with van der Waals surface area (Å²) in [5.74, 6) is 0.837. The first kappa shape index (κ1) is 10.8. The molecular weight excluding hydrogens is 330 g/mol. The summed E-state index contributed by atoms with van der Waals surface area (Å²) in [5.41, 5.74) is 2.76. The minimum atomic E-state index is -0.172. The Morgan fingerprint density at radius 1 is 1.24 bits per heavy atom. The van der Waals surface area contributed by atoms with Crippen molar-refractivity contribution in [1.82, 2.24) is 4.98 Å². The SMILES string of the molecule is Fc1ccccc1C1=Cc2c(I)c[nH]c2NC1. The van der Waals surface area contributed by atoms with Gasteiger partial charge in [-0.05, 0) is 40.3 Å². The van der Waals surface area contributed by atoms with E-state index in [9.17, 15) is 4.39 Å². The third kappa shape index (κ3) is 1.86. The molecule has 0 unspecified atom stereocenters. The first-order valence-corrected chi connectivity index (χ1v) is 6.40. The molecule has 0 amide bonds. The monoisotopic (exact) mass is 340 g/mol. The van der Waals surface area contributed by atoms with Crippen molar-refractivity contribution in [3.63, 3.8) is 0 Å². The van der Waals surface area contributed by atoms with Gasteiger partial charge in [0.1, 0.15) is 11.6 Å². The maximum absolute atomic E-state index is 13.7. The van der Waals surface area contributed by atoms with Gasteiger partial charge in [-0.25, -0.2) is 4.39 Å². The molecule has 86 valence electrons. The van der Waals surface area contributed by atoms with Crippen LogP contribution >= 0.6 is 22.6 Å². The highest BCUT2D eigenvalue weighted by atomic mass is 127. The molecule has 1 aliphatic heterocycles. The van der Waals surface area contributed by atoms with E-state index in [4.69, 9.17) is 0 Å². The fourth-order valence-electron chi connectivity index (χ4n) is 2.00. The van der Waals surface area contributed by atoms with Crippen LogP contribution < -0.4 is 5.32 Å². The summed E-state index contributed by atoms with van der Waals surface area (Å²) in [6, 6.07) is 6.87. The van der Waals surface area contributed by atoms with Gasteiger partial charge >= 0.3 is 0 Å². The Hall–Kier alpha value is -1.30. The van der Waals surface area contributed by atoms with Crippen molar-refractivity contribution in [2.45, 2.75) is 0 Å². The van der Waals surface area contributed by atoms with E-state index in [0.29, 0.717) is 12.1 Å². The van der Waals surface area contributed by atoms with E-state index in [-0.39, 0.29) is 5.82 Å². The fraction of sp³-hybridized carbons (Fsp3) is 0.0769. The number of benzene rings is 1. The van der Waals surface area contributed by atoms with Crippen LogP contribution in [-0.2, 0) is 0 Å². The Balaban J connectivity index is 2.10. The van der Waals surface area contributed by atoms with Crippen molar-refractivity contribution in [3.8, 4) is 0 Å². The number of aromatic nitrogens is 1. The Morgan fingerprint density at radius 3 is 2.88 bits per heavy atom. The topological polar surface area (TPSA) is 27.8 Å². The predicted octanol–water partition coefficient (Wildman–Crippen LogP) is 3.72. The average molecular weight is 340 g/mol. The molecule has 3 rings (SSSR count). The molecule has 2 aromatic rings. The number of anilines is 1. The summed E-state index contributed by atoms with van der Waals surface area (Å²) in [7, 11) is 0. The van der Waals surface area contributed by atoms with Crippen molar-refractivity contribution in [2.24, 2.45) is 0 Å². The zero-order valence-electron chi connectivity index (χ0n) is 8.93. The molecule has 0 spiro atoms. The largest absolute Gasteiger partial charge is 0.367 e. The van der Waals surface area contributed by atoms with E-state index in [1.165, 1.54) is 6.07 Å². The molecule has 1 aliphatic rings. The standard InChI is InChI=1S/C13H10FIN2/c14-11-4-2-1-3-9(11)8-5-10-12(15)7-17-13(10)16-6-8/h1-5,7,16-17H,6H2. The number of hydrogen-bond acceptors (Lipinski definition) is 1. The van der Waals surface area contributed by atoms with Gasteiger partial charge in [-0.1, -0.05) is 18.2 Å². The zero-order chi connectivity index (χ0) is 11.8. The van der Waals surface area contributed by atoms with Crippen LogP contribution in [0.15, 0.2) is 30.5 Å². The van der Waals surface area contributed by atoms with Crippen molar-refractivity contribution in [2.75, 3.05) is 11.9 Å². The lowest BCUT2D eigenvalue weighted by Crippen LogP contribution is -2.10. The summed E-state index contributed by atoms with van der Waals surface area (Å²) in [6.07, 6.45) is 3.99. The molecule has 0 saturated carbocycles. The minimum Gasteiger partial charge on any atom is -0.367 e. The second kappa shape index (κ2) is 4.18. The van der Waals surface area contributed by atoms with Crippen LogP contribution in [0.2, 0.25) is 0 Å². The molecule has 0 aliphatic carbocycles. The molecule has 2 nitrogen and oxygen atoms in total. The molecule has 1 aromatic heterocycles. The summed E-state index contributed by atoms with van der Waals surface area (Å²) in [5, 5.41) is 3.26. The molecule has 1 aromatic carbocycles. The number of halogens is 2. The average Bonchev–Trinajstić information content (AvgIpc) is 2.71. The van der Waals surface area contributed by atoms with Crippen LogP contribution in [0.1, 0.15) is 11.1 Å². The highest BCUT2D eigenvalue weighted by Gasteiger charge is 2.16. The maximum atomic E-state index is 13.7. The molecular formula is C13H10FIN2. The summed E-state index contributed by atoms with van der Waals surface area (Å²) in [6.45, 7) is 0.643. The lowest BCUT2D eigenvalue weighted by molar-refractivity contribution is 0.624. The summed E-state index contributed by atoms with van der Waals surface area (Å²) in [4.78, 5) is 3.16. The molecule has 4 heteroatoms. The molecule has 0 fully saturated rings. The van der Waals surface area contributed by atoms with E-state index in [2.05, 4.69) is 32.9 Å². The number of hydrogen-bond donors (Lipinski definition) is 2. The van der Waals surface area contributed by atoms with Crippen molar-refractivity contribution in [3.05, 3.63) is 51.0 Å².